The molecule has 0 radical (unpaired) electrons. The Bertz CT molecular complexity index is 404. The number of benzene rings is 1. The van der Waals surface area contributed by atoms with E-state index in [4.69, 9.17) is 26.8 Å². The molecule has 1 aromatic carbocycles. The lowest BCUT2D eigenvalue weighted by Crippen LogP contribution is -2.53. The summed E-state index contributed by atoms with van der Waals surface area (Å²) in [4.78, 5) is 0. The molecule has 2 rings (SSSR count). The van der Waals surface area contributed by atoms with Crippen molar-refractivity contribution in [3.8, 4) is 5.75 Å². The van der Waals surface area contributed by atoms with E-state index in [0.717, 1.165) is 0 Å². The highest BCUT2D eigenvalue weighted by atomic mass is 35.5. The molecule has 1 atom stereocenters. The van der Waals surface area contributed by atoms with Gasteiger partial charge in [-0.1, -0.05) is 24.6 Å². The quantitative estimate of drug-likeness (QED) is 0.897. The summed E-state index contributed by atoms with van der Waals surface area (Å²) in [5.74, 6) is 1.08. The molecule has 0 amide bonds. The van der Waals surface area contributed by atoms with Crippen LogP contribution in [0.25, 0.3) is 0 Å². The molecule has 1 fully saturated rings. The Hall–Kier alpha value is -0.770. The van der Waals surface area contributed by atoms with Crippen molar-refractivity contribution in [2.45, 2.75) is 12.3 Å². The van der Waals surface area contributed by atoms with Crippen molar-refractivity contribution < 1.29 is 9.47 Å². The van der Waals surface area contributed by atoms with E-state index in [-0.39, 0.29) is 5.41 Å². The molecular weight excluding hydrogens is 238 g/mol. The second-order valence-corrected chi connectivity index (χ2v) is 5.04. The van der Waals surface area contributed by atoms with Crippen LogP contribution in [0.2, 0.25) is 5.02 Å². The summed E-state index contributed by atoms with van der Waals surface area (Å²) < 4.78 is 10.5. The summed E-state index contributed by atoms with van der Waals surface area (Å²) in [6.07, 6.45) is 0. The van der Waals surface area contributed by atoms with E-state index >= 15 is 0 Å². The van der Waals surface area contributed by atoms with Gasteiger partial charge in [0.2, 0.25) is 0 Å². The Kier molecular flexibility index (Phi) is 3.61. The van der Waals surface area contributed by atoms with Gasteiger partial charge >= 0.3 is 0 Å². The molecule has 1 heterocycles. The number of nitrogens with two attached hydrogens (primary N) is 1. The molecule has 1 aromatic rings. The third kappa shape index (κ3) is 2.03. The number of hydrogen-bond donors (Lipinski definition) is 1. The molecule has 2 N–H and O–H groups in total. The molecule has 0 aromatic heterocycles. The zero-order valence-electron chi connectivity index (χ0n) is 10.2. The predicted molar refractivity (Wildman–Crippen MR) is 68.7 cm³/mol. The zero-order chi connectivity index (χ0) is 12.5. The van der Waals surface area contributed by atoms with Crippen LogP contribution < -0.4 is 10.5 Å². The van der Waals surface area contributed by atoms with Crippen LogP contribution in [0.3, 0.4) is 0 Å². The van der Waals surface area contributed by atoms with E-state index in [1.54, 1.807) is 7.11 Å². The molecule has 17 heavy (non-hydrogen) atoms. The molecule has 0 bridgehead atoms. The molecule has 4 heteroatoms. The average Bonchev–Trinajstić information content (AvgIpc) is 2.27. The van der Waals surface area contributed by atoms with E-state index in [1.165, 1.54) is 5.56 Å². The van der Waals surface area contributed by atoms with Crippen molar-refractivity contribution in [2.24, 2.45) is 11.7 Å². The summed E-state index contributed by atoms with van der Waals surface area (Å²) in [6.45, 7) is 4.23. The third-order valence-corrected chi connectivity index (χ3v) is 4.04. The molecule has 1 aliphatic rings. The zero-order valence-corrected chi connectivity index (χ0v) is 11.0. The summed E-state index contributed by atoms with van der Waals surface area (Å²) in [5.41, 5.74) is 6.99. The third-order valence-electron chi connectivity index (χ3n) is 3.74. The largest absolute Gasteiger partial charge is 0.495 e. The minimum absolute atomic E-state index is 0.0185. The standard InChI is InChI=1S/C13H18ClNO2/c1-9(6-15)13(7-17-8-13)10-3-4-12(16-2)11(14)5-10/h3-5,9H,6-8,15H2,1-2H3. The first kappa shape index (κ1) is 12.7. The van der Waals surface area contributed by atoms with Crippen LogP contribution in [0.15, 0.2) is 18.2 Å². The number of hydrogen-bond acceptors (Lipinski definition) is 3. The van der Waals surface area contributed by atoms with Crippen LogP contribution in [-0.2, 0) is 10.2 Å². The second-order valence-electron chi connectivity index (χ2n) is 4.64. The van der Waals surface area contributed by atoms with Gasteiger partial charge in [0.25, 0.3) is 0 Å². The normalized spacial score (nSPS) is 19.5. The van der Waals surface area contributed by atoms with Crippen LogP contribution in [0, 0.1) is 5.92 Å². The molecule has 94 valence electrons. The number of rotatable bonds is 4. The monoisotopic (exact) mass is 255 g/mol. The molecule has 0 spiro atoms. The van der Waals surface area contributed by atoms with Crippen LogP contribution >= 0.6 is 11.6 Å². The van der Waals surface area contributed by atoms with Gasteiger partial charge in [0.05, 0.1) is 25.3 Å². The fourth-order valence-corrected chi connectivity index (χ4v) is 2.52. The maximum atomic E-state index is 6.17. The van der Waals surface area contributed by atoms with E-state index in [0.29, 0.717) is 36.4 Å². The fourth-order valence-electron chi connectivity index (χ4n) is 2.26. The molecule has 1 aliphatic heterocycles. The summed E-state index contributed by atoms with van der Waals surface area (Å²) in [7, 11) is 1.62. The first-order chi connectivity index (χ1) is 8.14. The summed E-state index contributed by atoms with van der Waals surface area (Å²) >= 11 is 6.17. The highest BCUT2D eigenvalue weighted by molar-refractivity contribution is 6.32. The van der Waals surface area contributed by atoms with Crippen molar-refractivity contribution in [1.29, 1.82) is 0 Å². The molecule has 3 nitrogen and oxygen atoms in total. The summed E-state index contributed by atoms with van der Waals surface area (Å²) in [6, 6.07) is 5.93. The minimum atomic E-state index is 0.0185. The van der Waals surface area contributed by atoms with Gasteiger partial charge in [0, 0.05) is 5.41 Å². The Balaban J connectivity index is 2.35. The predicted octanol–water partition coefficient (Wildman–Crippen LogP) is 2.21. The summed E-state index contributed by atoms with van der Waals surface area (Å²) in [5, 5.41) is 0.639. The maximum absolute atomic E-state index is 6.17. The van der Waals surface area contributed by atoms with Crippen LogP contribution in [-0.4, -0.2) is 26.9 Å². The average molecular weight is 256 g/mol. The Morgan fingerprint density at radius 3 is 2.65 bits per heavy atom. The Morgan fingerprint density at radius 1 is 1.53 bits per heavy atom. The fraction of sp³-hybridized carbons (Fsp3) is 0.538. The van der Waals surface area contributed by atoms with Gasteiger partial charge in [-0.3, -0.25) is 0 Å². The lowest BCUT2D eigenvalue weighted by atomic mass is 9.69. The van der Waals surface area contributed by atoms with E-state index in [9.17, 15) is 0 Å². The van der Waals surface area contributed by atoms with Crippen LogP contribution in [0.1, 0.15) is 12.5 Å². The van der Waals surface area contributed by atoms with E-state index < -0.39 is 0 Å². The van der Waals surface area contributed by atoms with Gasteiger partial charge < -0.3 is 15.2 Å². The van der Waals surface area contributed by atoms with Gasteiger partial charge in [0.1, 0.15) is 5.75 Å². The first-order valence-electron chi connectivity index (χ1n) is 5.76. The SMILES string of the molecule is COc1ccc(C2(C(C)CN)COC2)cc1Cl. The van der Waals surface area contributed by atoms with Gasteiger partial charge in [-0.2, -0.15) is 0 Å². The van der Waals surface area contributed by atoms with Crippen LogP contribution in [0.4, 0.5) is 0 Å². The Morgan fingerprint density at radius 2 is 2.24 bits per heavy atom. The maximum Gasteiger partial charge on any atom is 0.137 e. The van der Waals surface area contributed by atoms with Gasteiger partial charge in [-0.25, -0.2) is 0 Å². The first-order valence-corrected chi connectivity index (χ1v) is 6.13. The lowest BCUT2D eigenvalue weighted by Gasteiger charge is -2.46. The van der Waals surface area contributed by atoms with Crippen molar-refractivity contribution >= 4 is 11.6 Å². The van der Waals surface area contributed by atoms with Gasteiger partial charge in [-0.05, 0) is 30.2 Å². The lowest BCUT2D eigenvalue weighted by molar-refractivity contribution is -0.0854. The number of halogens is 1. The highest BCUT2D eigenvalue weighted by Crippen LogP contribution is 2.41. The highest BCUT2D eigenvalue weighted by Gasteiger charge is 2.44. The molecule has 1 unspecified atom stereocenters. The van der Waals surface area contributed by atoms with Crippen molar-refractivity contribution in [1.82, 2.24) is 0 Å². The number of ether oxygens (including phenoxy) is 2. The smallest absolute Gasteiger partial charge is 0.137 e. The van der Waals surface area contributed by atoms with E-state index in [1.807, 2.05) is 12.1 Å². The molecule has 1 saturated heterocycles. The Labute approximate surface area is 107 Å². The van der Waals surface area contributed by atoms with Gasteiger partial charge in [-0.15, -0.1) is 0 Å². The van der Waals surface area contributed by atoms with Crippen molar-refractivity contribution in [3.63, 3.8) is 0 Å². The topological polar surface area (TPSA) is 44.5 Å². The molecule has 0 aliphatic carbocycles. The van der Waals surface area contributed by atoms with Crippen molar-refractivity contribution in [2.75, 3.05) is 26.9 Å². The van der Waals surface area contributed by atoms with E-state index in [2.05, 4.69) is 13.0 Å². The molecule has 0 saturated carbocycles. The van der Waals surface area contributed by atoms with Gasteiger partial charge in [0.15, 0.2) is 0 Å². The number of methoxy groups -OCH3 is 1. The second kappa shape index (κ2) is 4.84. The molecular formula is C13H18ClNO2. The van der Waals surface area contributed by atoms with Crippen LogP contribution in [0.5, 0.6) is 5.75 Å². The minimum Gasteiger partial charge on any atom is -0.495 e. The van der Waals surface area contributed by atoms with Crippen molar-refractivity contribution in [3.05, 3.63) is 28.8 Å².